The van der Waals surface area contributed by atoms with Gasteiger partial charge in [-0.1, -0.05) is 41.1 Å². The van der Waals surface area contributed by atoms with E-state index in [-0.39, 0.29) is 10.8 Å². The smallest absolute Gasteiger partial charge is 0.258 e. The van der Waals surface area contributed by atoms with Crippen LogP contribution in [0.15, 0.2) is 46.7 Å². The van der Waals surface area contributed by atoms with Gasteiger partial charge >= 0.3 is 0 Å². The Morgan fingerprint density at radius 3 is 2.44 bits per heavy atom. The number of carbonyl (C=O) groups is 1. The summed E-state index contributed by atoms with van der Waals surface area (Å²) in [6.07, 6.45) is 2.91. The summed E-state index contributed by atoms with van der Waals surface area (Å²) in [7, 11) is -3.31. The predicted octanol–water partition coefficient (Wildman–Crippen LogP) is 4.75. The number of hydrogen-bond donors (Lipinski definition) is 1. The summed E-state index contributed by atoms with van der Waals surface area (Å²) < 4.78 is 23.9. The zero-order valence-corrected chi connectivity index (χ0v) is 17.6. The number of nitrogens with zero attached hydrogens (tertiary/aromatic N) is 1. The zero-order chi connectivity index (χ0) is 19.6. The molecule has 3 rings (SSSR count). The Hall–Kier alpha value is -2.00. The van der Waals surface area contributed by atoms with Gasteiger partial charge in [0.1, 0.15) is 4.34 Å². The lowest BCUT2D eigenvalue weighted by molar-refractivity contribution is -0.111. The number of rotatable bonds is 5. The van der Waals surface area contributed by atoms with Crippen LogP contribution in [0.3, 0.4) is 0 Å². The monoisotopic (exact) mass is 438 g/mol. The molecule has 0 saturated carbocycles. The molecule has 9 heteroatoms. The molecular weight excluding hydrogens is 424 g/mol. The van der Waals surface area contributed by atoms with Crippen molar-refractivity contribution in [2.24, 2.45) is 0 Å². The fraction of sp³-hybridized carbons (Fsp3) is 0.111. The predicted molar refractivity (Wildman–Crippen MR) is 112 cm³/mol. The SMILES string of the molecule is Cc1nc(NC(=O)C(=Cc2cccs2)c2ccc(S(C)(=O)=O)cc2)sc1Cl. The fourth-order valence-corrected chi connectivity index (χ4v) is 4.51. The Kier molecular flexibility index (Phi) is 5.81. The maximum Gasteiger partial charge on any atom is 0.258 e. The molecule has 1 N–H and O–H groups in total. The van der Waals surface area contributed by atoms with Crippen LogP contribution in [0.2, 0.25) is 4.34 Å². The number of aromatic nitrogens is 1. The van der Waals surface area contributed by atoms with Gasteiger partial charge in [0.05, 0.1) is 10.6 Å². The van der Waals surface area contributed by atoms with Gasteiger partial charge in [0.25, 0.3) is 5.91 Å². The summed E-state index contributed by atoms with van der Waals surface area (Å²) in [5, 5.41) is 5.09. The van der Waals surface area contributed by atoms with Crippen LogP contribution in [-0.4, -0.2) is 25.6 Å². The Morgan fingerprint density at radius 1 is 1.22 bits per heavy atom. The number of thiophene rings is 1. The zero-order valence-electron chi connectivity index (χ0n) is 14.4. The molecule has 5 nitrogen and oxygen atoms in total. The van der Waals surface area contributed by atoms with E-state index in [4.69, 9.17) is 11.6 Å². The van der Waals surface area contributed by atoms with Crippen molar-refractivity contribution in [1.82, 2.24) is 4.98 Å². The summed E-state index contributed by atoms with van der Waals surface area (Å²) in [6.45, 7) is 1.76. The number of sulfone groups is 1. The molecule has 2 aromatic heterocycles. The molecule has 0 atom stereocenters. The minimum Gasteiger partial charge on any atom is -0.298 e. The summed E-state index contributed by atoms with van der Waals surface area (Å²) >= 11 is 8.70. The van der Waals surface area contributed by atoms with Gasteiger partial charge in [-0.2, -0.15) is 0 Å². The number of hydrogen-bond acceptors (Lipinski definition) is 6. The van der Waals surface area contributed by atoms with E-state index in [9.17, 15) is 13.2 Å². The second kappa shape index (κ2) is 7.93. The highest BCUT2D eigenvalue weighted by atomic mass is 35.5. The van der Waals surface area contributed by atoms with Crippen LogP contribution in [0.1, 0.15) is 16.1 Å². The molecule has 1 aromatic carbocycles. The molecule has 140 valence electrons. The van der Waals surface area contributed by atoms with E-state index >= 15 is 0 Å². The number of halogens is 1. The van der Waals surface area contributed by atoms with E-state index in [0.717, 1.165) is 11.1 Å². The molecule has 3 aromatic rings. The summed E-state index contributed by atoms with van der Waals surface area (Å²) in [5.74, 6) is -0.346. The van der Waals surface area contributed by atoms with Crippen molar-refractivity contribution >= 4 is 66.8 Å². The lowest BCUT2D eigenvalue weighted by Crippen LogP contribution is -2.13. The molecule has 2 heterocycles. The van der Waals surface area contributed by atoms with E-state index < -0.39 is 9.84 Å². The number of anilines is 1. The number of amides is 1. The number of carbonyl (C=O) groups excluding carboxylic acids is 1. The van der Waals surface area contributed by atoms with Gasteiger partial charge in [0.2, 0.25) is 0 Å². The number of thiazole rings is 1. The first-order valence-corrected chi connectivity index (χ1v) is 11.7. The molecule has 0 aliphatic carbocycles. The maximum absolute atomic E-state index is 12.9. The third-order valence-electron chi connectivity index (χ3n) is 3.63. The van der Waals surface area contributed by atoms with Crippen LogP contribution in [0, 0.1) is 6.92 Å². The molecule has 0 spiro atoms. The fourth-order valence-electron chi connectivity index (χ4n) is 2.27. The Morgan fingerprint density at radius 2 is 1.93 bits per heavy atom. The maximum atomic E-state index is 12.9. The highest BCUT2D eigenvalue weighted by Gasteiger charge is 2.17. The number of nitrogens with one attached hydrogen (secondary N) is 1. The van der Waals surface area contributed by atoms with Crippen LogP contribution in [0.4, 0.5) is 5.13 Å². The van der Waals surface area contributed by atoms with Crippen molar-refractivity contribution in [2.45, 2.75) is 11.8 Å². The molecule has 0 radical (unpaired) electrons. The van der Waals surface area contributed by atoms with Gasteiger partial charge in [-0.15, -0.1) is 11.3 Å². The second-order valence-electron chi connectivity index (χ2n) is 5.70. The van der Waals surface area contributed by atoms with E-state index in [1.807, 2.05) is 17.5 Å². The van der Waals surface area contributed by atoms with E-state index in [0.29, 0.717) is 26.3 Å². The van der Waals surface area contributed by atoms with Crippen LogP contribution in [-0.2, 0) is 14.6 Å². The van der Waals surface area contributed by atoms with Crippen molar-refractivity contribution in [3.63, 3.8) is 0 Å². The lowest BCUT2D eigenvalue weighted by Gasteiger charge is -2.08. The molecule has 0 aliphatic heterocycles. The Balaban J connectivity index is 1.97. The normalized spacial score (nSPS) is 12.2. The van der Waals surface area contributed by atoms with Crippen molar-refractivity contribution in [3.05, 3.63) is 62.2 Å². The van der Waals surface area contributed by atoms with E-state index in [2.05, 4.69) is 10.3 Å². The van der Waals surface area contributed by atoms with Gasteiger partial charge in [-0.05, 0) is 42.1 Å². The largest absolute Gasteiger partial charge is 0.298 e. The summed E-state index contributed by atoms with van der Waals surface area (Å²) in [4.78, 5) is 18.2. The Bertz CT molecular complexity index is 1080. The number of benzene rings is 1. The van der Waals surface area contributed by atoms with Crippen LogP contribution in [0.25, 0.3) is 11.6 Å². The van der Waals surface area contributed by atoms with Crippen LogP contribution >= 0.6 is 34.3 Å². The van der Waals surface area contributed by atoms with Gasteiger partial charge < -0.3 is 0 Å². The summed E-state index contributed by atoms with van der Waals surface area (Å²) in [6, 6.07) is 10.0. The third-order valence-corrected chi connectivity index (χ3v) is 6.94. The van der Waals surface area contributed by atoms with Gasteiger partial charge in [-0.3, -0.25) is 10.1 Å². The summed E-state index contributed by atoms with van der Waals surface area (Å²) in [5.41, 5.74) is 1.66. The average Bonchev–Trinajstić information content (AvgIpc) is 3.22. The first kappa shape index (κ1) is 19.8. The molecule has 0 aliphatic rings. The third kappa shape index (κ3) is 4.84. The lowest BCUT2D eigenvalue weighted by atomic mass is 10.0. The second-order valence-corrected chi connectivity index (χ2v) is 10.3. The molecule has 0 saturated heterocycles. The standard InChI is InChI=1S/C18H15ClN2O3S3/c1-11-16(19)26-18(20-11)21-17(22)15(10-13-4-3-9-25-13)12-5-7-14(8-6-12)27(2,23)24/h3-10H,1-2H3,(H,20,21,22). The minimum absolute atomic E-state index is 0.199. The molecule has 0 fully saturated rings. The first-order chi connectivity index (χ1) is 12.7. The van der Waals surface area contributed by atoms with Crippen molar-refractivity contribution in [3.8, 4) is 0 Å². The highest BCUT2D eigenvalue weighted by Crippen LogP contribution is 2.29. The molecular formula is C18H15ClN2O3S3. The quantitative estimate of drug-likeness (QED) is 0.583. The van der Waals surface area contributed by atoms with Crippen LogP contribution < -0.4 is 5.32 Å². The van der Waals surface area contributed by atoms with Crippen LogP contribution in [0.5, 0.6) is 0 Å². The highest BCUT2D eigenvalue weighted by molar-refractivity contribution is 7.90. The first-order valence-electron chi connectivity index (χ1n) is 7.74. The minimum atomic E-state index is -3.31. The number of aryl methyl sites for hydroxylation is 1. The topological polar surface area (TPSA) is 76.1 Å². The van der Waals surface area contributed by atoms with Gasteiger partial charge in [0.15, 0.2) is 15.0 Å². The average molecular weight is 439 g/mol. The Labute approximate surface area is 170 Å². The van der Waals surface area contributed by atoms with Gasteiger partial charge in [-0.25, -0.2) is 13.4 Å². The molecule has 27 heavy (non-hydrogen) atoms. The van der Waals surface area contributed by atoms with E-state index in [1.165, 1.54) is 34.8 Å². The van der Waals surface area contributed by atoms with Crippen molar-refractivity contribution < 1.29 is 13.2 Å². The molecule has 0 unspecified atom stereocenters. The molecule has 1 amide bonds. The van der Waals surface area contributed by atoms with E-state index in [1.54, 1.807) is 25.1 Å². The van der Waals surface area contributed by atoms with Crippen molar-refractivity contribution in [1.29, 1.82) is 0 Å². The van der Waals surface area contributed by atoms with Gasteiger partial charge in [0, 0.05) is 16.7 Å². The van der Waals surface area contributed by atoms with Crippen molar-refractivity contribution in [2.75, 3.05) is 11.6 Å². The molecule has 0 bridgehead atoms.